The van der Waals surface area contributed by atoms with Crippen LogP contribution in [0.5, 0.6) is 0 Å². The molecule has 0 unspecified atom stereocenters. The number of benzene rings is 1. The predicted molar refractivity (Wildman–Crippen MR) is 77.8 cm³/mol. The maximum Gasteiger partial charge on any atom is 0.130 e. The molecule has 4 heteroatoms. The van der Waals surface area contributed by atoms with Crippen LogP contribution >= 0.6 is 23.8 Å². The first-order valence-corrected chi connectivity index (χ1v) is 6.68. The van der Waals surface area contributed by atoms with Crippen LogP contribution < -0.4 is 0 Å². The number of hydrogen-bond donors (Lipinski definition) is 1. The molecule has 2 aromatic rings. The zero-order chi connectivity index (χ0) is 13.1. The summed E-state index contributed by atoms with van der Waals surface area (Å²) in [5.41, 5.74) is 2.16. The topological polar surface area (TPSA) is 28.7 Å². The smallest absolute Gasteiger partial charge is 0.130 e. The van der Waals surface area contributed by atoms with Gasteiger partial charge in [0.1, 0.15) is 10.5 Å². The van der Waals surface area contributed by atoms with E-state index in [0.717, 1.165) is 22.1 Å². The van der Waals surface area contributed by atoms with Crippen LogP contribution in [0, 0.1) is 4.64 Å². The summed E-state index contributed by atoms with van der Waals surface area (Å²) in [5, 5.41) is 0.758. The van der Waals surface area contributed by atoms with Crippen molar-refractivity contribution in [2.24, 2.45) is 0 Å². The van der Waals surface area contributed by atoms with Crippen LogP contribution in [0.1, 0.15) is 36.8 Å². The Hall–Kier alpha value is -1.19. The highest BCUT2D eigenvalue weighted by molar-refractivity contribution is 7.71. The standard InChI is InChI=1S/C14H15ClN2S/c1-9(2)12-8-14(18)17-13(16-12)7-10-5-3-4-6-11(10)15/h3-6,8-9H,7H2,1-2H3,(H,16,17,18). The summed E-state index contributed by atoms with van der Waals surface area (Å²) in [6.45, 7) is 4.25. The second-order valence-electron chi connectivity index (χ2n) is 4.54. The fraction of sp³-hybridized carbons (Fsp3) is 0.286. The van der Waals surface area contributed by atoms with E-state index in [2.05, 4.69) is 23.8 Å². The molecule has 1 N–H and O–H groups in total. The molecule has 0 radical (unpaired) electrons. The van der Waals surface area contributed by atoms with E-state index >= 15 is 0 Å². The zero-order valence-electron chi connectivity index (χ0n) is 10.4. The lowest BCUT2D eigenvalue weighted by Gasteiger charge is -2.09. The average Bonchev–Trinajstić information content (AvgIpc) is 2.31. The molecule has 94 valence electrons. The third-order valence-corrected chi connectivity index (χ3v) is 3.33. The lowest BCUT2D eigenvalue weighted by molar-refractivity contribution is 0.789. The van der Waals surface area contributed by atoms with Crippen LogP contribution in [0.15, 0.2) is 30.3 Å². The van der Waals surface area contributed by atoms with Crippen molar-refractivity contribution < 1.29 is 0 Å². The minimum atomic E-state index is 0.402. The third kappa shape index (κ3) is 3.18. The quantitative estimate of drug-likeness (QED) is 0.837. The van der Waals surface area contributed by atoms with Gasteiger partial charge in [-0.25, -0.2) is 4.98 Å². The van der Waals surface area contributed by atoms with Crippen LogP contribution in [0.3, 0.4) is 0 Å². The van der Waals surface area contributed by atoms with Crippen molar-refractivity contribution in [3.05, 3.63) is 57.1 Å². The second-order valence-corrected chi connectivity index (χ2v) is 5.37. The molecule has 0 saturated heterocycles. The molecule has 0 fully saturated rings. The van der Waals surface area contributed by atoms with Crippen molar-refractivity contribution in [3.63, 3.8) is 0 Å². The van der Waals surface area contributed by atoms with Gasteiger partial charge < -0.3 is 4.98 Å². The highest BCUT2D eigenvalue weighted by Crippen LogP contribution is 2.18. The number of H-pyrrole nitrogens is 1. The summed E-state index contributed by atoms with van der Waals surface area (Å²) < 4.78 is 0.625. The number of aromatic amines is 1. The first-order valence-electron chi connectivity index (χ1n) is 5.90. The first kappa shape index (κ1) is 13.2. The molecule has 1 aromatic heterocycles. The van der Waals surface area contributed by atoms with Crippen molar-refractivity contribution in [3.8, 4) is 0 Å². The molecule has 2 rings (SSSR count). The van der Waals surface area contributed by atoms with Gasteiger partial charge in [-0.15, -0.1) is 0 Å². The van der Waals surface area contributed by atoms with Gasteiger partial charge >= 0.3 is 0 Å². The van der Waals surface area contributed by atoms with Crippen molar-refractivity contribution in [2.75, 3.05) is 0 Å². The van der Waals surface area contributed by atoms with Gasteiger partial charge in [0.05, 0.1) is 0 Å². The summed E-state index contributed by atoms with van der Waals surface area (Å²) in [6, 6.07) is 9.70. The van der Waals surface area contributed by atoms with E-state index in [1.54, 1.807) is 0 Å². The number of nitrogens with zero attached hydrogens (tertiary/aromatic N) is 1. The summed E-state index contributed by atoms with van der Waals surface area (Å²) in [4.78, 5) is 7.68. The normalized spacial score (nSPS) is 10.9. The second kappa shape index (κ2) is 5.63. The molecule has 0 spiro atoms. The minimum absolute atomic E-state index is 0.402. The Morgan fingerprint density at radius 2 is 2.06 bits per heavy atom. The number of rotatable bonds is 3. The maximum absolute atomic E-state index is 6.15. The van der Waals surface area contributed by atoms with Crippen LogP contribution in [0.4, 0.5) is 0 Å². The number of aromatic nitrogens is 2. The van der Waals surface area contributed by atoms with Gasteiger partial charge in [0.2, 0.25) is 0 Å². The van der Waals surface area contributed by atoms with E-state index in [9.17, 15) is 0 Å². The van der Waals surface area contributed by atoms with Crippen LogP contribution in [0.25, 0.3) is 0 Å². The summed E-state index contributed by atoms with van der Waals surface area (Å²) >= 11 is 11.3. The first-order chi connectivity index (χ1) is 8.56. The van der Waals surface area contributed by atoms with Gasteiger partial charge in [0.15, 0.2) is 0 Å². The highest BCUT2D eigenvalue weighted by Gasteiger charge is 2.06. The molecule has 0 aliphatic rings. The molecule has 1 heterocycles. The fourth-order valence-electron chi connectivity index (χ4n) is 1.75. The van der Waals surface area contributed by atoms with Crippen LogP contribution in [-0.4, -0.2) is 9.97 Å². The summed E-state index contributed by atoms with van der Waals surface area (Å²) in [6.07, 6.45) is 0.671. The molecule has 2 nitrogen and oxygen atoms in total. The Morgan fingerprint density at radius 3 is 2.72 bits per heavy atom. The minimum Gasteiger partial charge on any atom is -0.347 e. The Morgan fingerprint density at radius 1 is 1.33 bits per heavy atom. The van der Waals surface area contributed by atoms with Crippen molar-refractivity contribution >= 4 is 23.8 Å². The van der Waals surface area contributed by atoms with E-state index in [1.807, 2.05) is 30.3 Å². The van der Waals surface area contributed by atoms with E-state index in [1.165, 1.54) is 0 Å². The van der Waals surface area contributed by atoms with Crippen molar-refractivity contribution in [1.29, 1.82) is 0 Å². The molecule has 0 atom stereocenters. The Kier molecular flexibility index (Phi) is 4.15. The summed E-state index contributed by atoms with van der Waals surface area (Å²) in [5.74, 6) is 1.26. The van der Waals surface area contributed by atoms with E-state index in [4.69, 9.17) is 23.8 Å². The molecular weight excluding hydrogens is 264 g/mol. The SMILES string of the molecule is CC(C)c1cc(=S)nc(Cc2ccccc2Cl)[nH]1. The van der Waals surface area contributed by atoms with Crippen LogP contribution in [0.2, 0.25) is 5.02 Å². The Balaban J connectivity index is 2.35. The summed E-state index contributed by atoms with van der Waals surface area (Å²) in [7, 11) is 0. The van der Waals surface area contributed by atoms with Crippen molar-refractivity contribution in [1.82, 2.24) is 9.97 Å². The van der Waals surface area contributed by atoms with Gasteiger partial charge in [0.25, 0.3) is 0 Å². The average molecular weight is 279 g/mol. The lowest BCUT2D eigenvalue weighted by Crippen LogP contribution is -2.02. The largest absolute Gasteiger partial charge is 0.347 e. The van der Waals surface area contributed by atoms with Gasteiger partial charge in [-0.3, -0.25) is 0 Å². The van der Waals surface area contributed by atoms with Crippen LogP contribution in [-0.2, 0) is 6.42 Å². The molecule has 0 aliphatic heterocycles. The van der Waals surface area contributed by atoms with E-state index in [0.29, 0.717) is 17.0 Å². The molecule has 0 aliphatic carbocycles. The third-order valence-electron chi connectivity index (χ3n) is 2.75. The van der Waals surface area contributed by atoms with Gasteiger partial charge in [-0.05, 0) is 23.6 Å². The monoisotopic (exact) mass is 278 g/mol. The number of hydrogen-bond acceptors (Lipinski definition) is 2. The van der Waals surface area contributed by atoms with Gasteiger partial charge in [-0.2, -0.15) is 0 Å². The van der Waals surface area contributed by atoms with Crippen molar-refractivity contribution in [2.45, 2.75) is 26.2 Å². The molecular formula is C14H15ClN2S. The molecule has 18 heavy (non-hydrogen) atoms. The highest BCUT2D eigenvalue weighted by atomic mass is 35.5. The lowest BCUT2D eigenvalue weighted by atomic mass is 10.1. The Bertz CT molecular complexity index is 605. The Labute approximate surface area is 117 Å². The van der Waals surface area contributed by atoms with Gasteiger partial charge in [0, 0.05) is 17.1 Å². The van der Waals surface area contributed by atoms with E-state index < -0.39 is 0 Å². The maximum atomic E-state index is 6.15. The molecule has 0 amide bonds. The molecule has 0 bridgehead atoms. The van der Waals surface area contributed by atoms with Gasteiger partial charge in [-0.1, -0.05) is 55.9 Å². The predicted octanol–water partition coefficient (Wildman–Crippen LogP) is 4.51. The molecule has 1 aromatic carbocycles. The number of nitrogens with one attached hydrogen (secondary N) is 1. The van der Waals surface area contributed by atoms with E-state index in [-0.39, 0.29) is 0 Å². The zero-order valence-corrected chi connectivity index (χ0v) is 12.0. The number of halogens is 1. The fourth-order valence-corrected chi connectivity index (χ4v) is 2.19. The molecule has 0 saturated carbocycles.